The third kappa shape index (κ3) is 9.82. The topological polar surface area (TPSA) is 214 Å². The van der Waals surface area contributed by atoms with Crippen molar-refractivity contribution < 1.29 is 14.3 Å². The average molecular weight is 488 g/mol. The quantitative estimate of drug-likeness (QED) is 0.119. The number of hydrogen-bond acceptors (Lipinski definition) is 8. The third-order valence-corrected chi connectivity index (χ3v) is 5.62. The zero-order valence-corrected chi connectivity index (χ0v) is 19.5. The summed E-state index contributed by atoms with van der Waals surface area (Å²) in [5.74, 6) is 0.156. The van der Waals surface area contributed by atoms with Crippen molar-refractivity contribution in [1.82, 2.24) is 19.4 Å². The largest absolute Gasteiger partial charge is 0.464 e. The number of esters is 1. The summed E-state index contributed by atoms with van der Waals surface area (Å²) in [4.78, 5) is 41.1. The summed E-state index contributed by atoms with van der Waals surface area (Å²) in [6.07, 6.45) is 5.43. The zero-order valence-electron chi connectivity index (χ0n) is 19.5. The molecule has 1 aliphatic rings. The molecule has 1 aliphatic heterocycles. The number of carbonyl (C=O) groups excluding carboxylic acids is 2. The number of nitrogens with zero attached hydrogens (tertiary/aromatic N) is 13. The molecule has 0 N–H and O–H groups in total. The first-order valence-corrected chi connectivity index (χ1v) is 11.3. The molecule has 1 fully saturated rings. The van der Waals surface area contributed by atoms with Gasteiger partial charge in [-0.05, 0) is 29.4 Å². The van der Waals surface area contributed by atoms with E-state index in [0.717, 1.165) is 12.8 Å². The molecule has 35 heavy (non-hydrogen) atoms. The molecule has 0 aromatic carbocycles. The molecule has 1 aromatic rings. The highest BCUT2D eigenvalue weighted by molar-refractivity contribution is 5.76. The number of azide groups is 3. The molecular weight excluding hydrogens is 458 g/mol. The summed E-state index contributed by atoms with van der Waals surface area (Å²) < 4.78 is 6.65. The maximum Gasteiger partial charge on any atom is 0.325 e. The van der Waals surface area contributed by atoms with Crippen LogP contribution in [0.5, 0.6) is 0 Å². The molecule has 1 aromatic heterocycles. The first-order chi connectivity index (χ1) is 17.1. The van der Waals surface area contributed by atoms with E-state index in [0.29, 0.717) is 51.5 Å². The monoisotopic (exact) mass is 487 g/mol. The van der Waals surface area contributed by atoms with E-state index in [1.54, 1.807) is 17.0 Å². The maximum atomic E-state index is 12.8. The summed E-state index contributed by atoms with van der Waals surface area (Å²) in [6, 6.07) is 0.214. The first kappa shape index (κ1) is 27.3. The van der Waals surface area contributed by atoms with Crippen molar-refractivity contribution in [3.63, 3.8) is 0 Å². The van der Waals surface area contributed by atoms with Crippen LogP contribution in [-0.2, 0) is 27.3 Å². The lowest BCUT2D eigenvalue weighted by Gasteiger charge is -2.38. The van der Waals surface area contributed by atoms with Gasteiger partial charge in [0.2, 0.25) is 5.91 Å². The van der Waals surface area contributed by atoms with E-state index in [2.05, 4.69) is 40.0 Å². The van der Waals surface area contributed by atoms with Crippen LogP contribution in [0.25, 0.3) is 31.3 Å². The molecule has 0 bridgehead atoms. The van der Waals surface area contributed by atoms with Gasteiger partial charge in [-0.25, -0.2) is 4.98 Å². The number of rotatable bonds is 15. The smallest absolute Gasteiger partial charge is 0.325 e. The average Bonchev–Trinajstić information content (AvgIpc) is 3.31. The highest BCUT2D eigenvalue weighted by Crippen LogP contribution is 2.18. The second-order valence-electron chi connectivity index (χ2n) is 7.70. The van der Waals surface area contributed by atoms with Crippen LogP contribution in [0.2, 0.25) is 0 Å². The molecule has 0 radical (unpaired) electrons. The Labute approximate surface area is 201 Å². The normalized spacial score (nSPS) is 13.5. The lowest BCUT2D eigenvalue weighted by atomic mass is 10.0. The molecule has 16 nitrogen and oxygen atoms in total. The molecule has 0 unspecified atom stereocenters. The number of piperidine rings is 1. The minimum atomic E-state index is -0.476. The van der Waals surface area contributed by atoms with Gasteiger partial charge in [0.05, 0.1) is 13.2 Å². The van der Waals surface area contributed by atoms with Crippen molar-refractivity contribution in [3.8, 4) is 0 Å². The Morgan fingerprint density at radius 2 is 1.69 bits per heavy atom. The number of amides is 1. The Morgan fingerprint density at radius 1 is 1.06 bits per heavy atom. The number of likely N-dealkylation sites (tertiary alicyclic amines) is 1. The number of aromatic nitrogens is 2. The number of ether oxygens (including phenoxy) is 1. The van der Waals surface area contributed by atoms with Crippen molar-refractivity contribution in [2.75, 3.05) is 52.4 Å². The standard InChI is InChI=1S/C19H29N13O3/c20-27-24-6-12-30(13-7-25-28-21)16-3-9-31(10-4-16)18(33)2-1-17-23-5-11-32(17)15-19(34)35-14-8-26-29-22/h5,11,16H,1-4,6-10,12-15H2. The summed E-state index contributed by atoms with van der Waals surface area (Å²) in [5.41, 5.74) is 25.3. The Hall–Kier alpha value is -3.96. The van der Waals surface area contributed by atoms with Gasteiger partial charge in [0, 0.05) is 85.3 Å². The fourth-order valence-electron chi connectivity index (χ4n) is 3.91. The van der Waals surface area contributed by atoms with E-state index < -0.39 is 5.97 Å². The van der Waals surface area contributed by atoms with Crippen LogP contribution in [0, 0.1) is 0 Å². The van der Waals surface area contributed by atoms with Gasteiger partial charge in [-0.15, -0.1) is 0 Å². The van der Waals surface area contributed by atoms with Crippen molar-refractivity contribution >= 4 is 11.9 Å². The molecule has 1 saturated heterocycles. The van der Waals surface area contributed by atoms with E-state index in [-0.39, 0.29) is 38.1 Å². The molecule has 188 valence electrons. The number of carbonyl (C=O) groups is 2. The van der Waals surface area contributed by atoms with Crippen molar-refractivity contribution in [2.45, 2.75) is 38.3 Å². The van der Waals surface area contributed by atoms with Crippen molar-refractivity contribution in [1.29, 1.82) is 0 Å². The number of aryl methyl sites for hydroxylation is 1. The van der Waals surface area contributed by atoms with Gasteiger partial charge in [0.15, 0.2) is 0 Å². The van der Waals surface area contributed by atoms with Crippen LogP contribution < -0.4 is 0 Å². The number of imidazole rings is 1. The summed E-state index contributed by atoms with van der Waals surface area (Å²) in [7, 11) is 0. The van der Waals surface area contributed by atoms with Crippen LogP contribution in [0.4, 0.5) is 0 Å². The Bertz CT molecular complexity index is 946. The second kappa shape index (κ2) is 15.8. The summed E-state index contributed by atoms with van der Waals surface area (Å²) in [5, 5.41) is 10.5. The van der Waals surface area contributed by atoms with Crippen molar-refractivity contribution in [3.05, 3.63) is 49.5 Å². The van der Waals surface area contributed by atoms with Crippen molar-refractivity contribution in [2.24, 2.45) is 15.3 Å². The molecule has 0 saturated carbocycles. The van der Waals surface area contributed by atoms with E-state index in [1.807, 2.05) is 4.90 Å². The van der Waals surface area contributed by atoms with Crippen LogP contribution >= 0.6 is 0 Å². The minimum absolute atomic E-state index is 0.00979. The van der Waals surface area contributed by atoms with Crippen LogP contribution in [0.1, 0.15) is 25.1 Å². The minimum Gasteiger partial charge on any atom is -0.464 e. The van der Waals surface area contributed by atoms with Gasteiger partial charge >= 0.3 is 5.97 Å². The van der Waals surface area contributed by atoms with E-state index in [1.165, 1.54) is 0 Å². The highest BCUT2D eigenvalue weighted by Gasteiger charge is 2.26. The molecule has 2 rings (SSSR count). The van der Waals surface area contributed by atoms with Crippen LogP contribution in [0.15, 0.2) is 27.7 Å². The van der Waals surface area contributed by atoms with E-state index >= 15 is 0 Å². The first-order valence-electron chi connectivity index (χ1n) is 11.3. The second-order valence-corrected chi connectivity index (χ2v) is 7.70. The van der Waals surface area contributed by atoms with Crippen LogP contribution in [-0.4, -0.2) is 89.7 Å². The van der Waals surface area contributed by atoms with Gasteiger partial charge < -0.3 is 14.2 Å². The molecule has 16 heteroatoms. The third-order valence-electron chi connectivity index (χ3n) is 5.62. The fourth-order valence-corrected chi connectivity index (χ4v) is 3.91. The lowest BCUT2D eigenvalue weighted by Crippen LogP contribution is -2.48. The predicted octanol–water partition coefficient (Wildman–Crippen LogP) is 2.58. The van der Waals surface area contributed by atoms with Crippen LogP contribution in [0.3, 0.4) is 0 Å². The van der Waals surface area contributed by atoms with Gasteiger partial charge in [0.1, 0.15) is 12.4 Å². The molecule has 0 aliphatic carbocycles. The molecule has 1 amide bonds. The SMILES string of the molecule is [N-]=[N+]=NCCOC(=O)Cn1ccnc1CCC(=O)N1CCC(N(CCN=[N+]=[N-])CCN=[N+]=[N-])CC1. The molecule has 0 atom stereocenters. The maximum absolute atomic E-state index is 12.8. The van der Waals surface area contributed by atoms with E-state index in [4.69, 9.17) is 21.3 Å². The Balaban J connectivity index is 1.80. The van der Waals surface area contributed by atoms with Gasteiger partial charge in [-0.2, -0.15) is 0 Å². The molecule has 0 spiro atoms. The Morgan fingerprint density at radius 3 is 2.31 bits per heavy atom. The Kier molecular flexibility index (Phi) is 12.3. The highest BCUT2D eigenvalue weighted by atomic mass is 16.5. The lowest BCUT2D eigenvalue weighted by molar-refractivity contribution is -0.144. The summed E-state index contributed by atoms with van der Waals surface area (Å²) >= 11 is 0. The molecular formula is C19H29N13O3. The zero-order chi connectivity index (χ0) is 25.3. The predicted molar refractivity (Wildman–Crippen MR) is 125 cm³/mol. The van der Waals surface area contributed by atoms with E-state index in [9.17, 15) is 9.59 Å². The number of hydrogen-bond donors (Lipinski definition) is 0. The summed E-state index contributed by atoms with van der Waals surface area (Å²) in [6.45, 7) is 3.07. The fraction of sp³-hybridized carbons (Fsp3) is 0.737. The van der Waals surface area contributed by atoms with Gasteiger partial charge in [0.25, 0.3) is 0 Å². The molecule has 2 heterocycles. The van der Waals surface area contributed by atoms with Gasteiger partial charge in [-0.1, -0.05) is 15.3 Å². The van der Waals surface area contributed by atoms with Gasteiger partial charge in [-0.3, -0.25) is 14.5 Å².